The van der Waals surface area contributed by atoms with E-state index in [2.05, 4.69) is 18.2 Å². The quantitative estimate of drug-likeness (QED) is 0.914. The lowest BCUT2D eigenvalue weighted by Gasteiger charge is -2.08. The highest BCUT2D eigenvalue weighted by atomic mass is 32.2. The zero-order valence-electron chi connectivity index (χ0n) is 10.5. The monoisotopic (exact) mass is 274 g/mol. The zero-order chi connectivity index (χ0) is 13.2. The summed E-state index contributed by atoms with van der Waals surface area (Å²) in [5.41, 5.74) is 3.52. The van der Waals surface area contributed by atoms with Crippen LogP contribution in [-0.2, 0) is 19.4 Å². The Hall–Kier alpha value is -1.32. The van der Waals surface area contributed by atoms with Crippen molar-refractivity contribution in [1.29, 1.82) is 0 Å². The Kier molecular flexibility index (Phi) is 3.58. The fourth-order valence-electron chi connectivity index (χ4n) is 2.51. The molecule has 0 saturated carbocycles. The van der Waals surface area contributed by atoms with E-state index in [1.807, 2.05) is 0 Å². The van der Waals surface area contributed by atoms with Crippen LogP contribution in [0.25, 0.3) is 0 Å². The molecular formula is C16H15FOS. The number of hydrogen-bond donors (Lipinski definition) is 1. The van der Waals surface area contributed by atoms with Gasteiger partial charge in [-0.3, -0.25) is 0 Å². The number of aliphatic hydroxyl groups is 1. The predicted molar refractivity (Wildman–Crippen MR) is 74.9 cm³/mol. The van der Waals surface area contributed by atoms with E-state index in [1.54, 1.807) is 17.8 Å². The highest BCUT2D eigenvalue weighted by molar-refractivity contribution is 7.99. The molecule has 0 atom stereocenters. The van der Waals surface area contributed by atoms with Crippen molar-refractivity contribution in [2.24, 2.45) is 0 Å². The van der Waals surface area contributed by atoms with Gasteiger partial charge in [0.1, 0.15) is 5.82 Å². The minimum atomic E-state index is -0.303. The van der Waals surface area contributed by atoms with Gasteiger partial charge < -0.3 is 5.11 Å². The van der Waals surface area contributed by atoms with Crippen LogP contribution in [0.4, 0.5) is 4.39 Å². The maximum absolute atomic E-state index is 13.1. The van der Waals surface area contributed by atoms with E-state index in [9.17, 15) is 9.50 Å². The molecule has 1 aliphatic carbocycles. The average Bonchev–Trinajstić information content (AvgIpc) is 2.88. The molecule has 0 bridgehead atoms. The van der Waals surface area contributed by atoms with Crippen molar-refractivity contribution in [2.45, 2.75) is 35.7 Å². The first kappa shape index (κ1) is 12.7. The molecule has 3 heteroatoms. The van der Waals surface area contributed by atoms with E-state index >= 15 is 0 Å². The standard InChI is InChI=1S/C16H15FOS/c17-14-5-7-16(13(8-14)10-18)19-15-6-4-11-2-1-3-12(11)9-15/h4-9,18H,1-3,10H2. The van der Waals surface area contributed by atoms with Gasteiger partial charge in [0.2, 0.25) is 0 Å². The summed E-state index contributed by atoms with van der Waals surface area (Å²) in [6, 6.07) is 11.1. The minimum absolute atomic E-state index is 0.134. The van der Waals surface area contributed by atoms with Crippen molar-refractivity contribution in [1.82, 2.24) is 0 Å². The second-order valence-electron chi connectivity index (χ2n) is 4.80. The molecule has 0 heterocycles. The first-order valence-corrected chi connectivity index (χ1v) is 7.27. The number of benzene rings is 2. The Morgan fingerprint density at radius 3 is 2.74 bits per heavy atom. The number of halogens is 1. The minimum Gasteiger partial charge on any atom is -0.392 e. The normalized spacial score (nSPS) is 13.6. The highest BCUT2D eigenvalue weighted by Crippen LogP contribution is 2.34. The molecule has 3 rings (SSSR count). The third kappa shape index (κ3) is 2.67. The summed E-state index contributed by atoms with van der Waals surface area (Å²) in [5.74, 6) is -0.303. The van der Waals surface area contributed by atoms with Crippen LogP contribution in [0.15, 0.2) is 46.2 Å². The van der Waals surface area contributed by atoms with Crippen molar-refractivity contribution >= 4 is 11.8 Å². The van der Waals surface area contributed by atoms with Crippen LogP contribution in [0, 0.1) is 5.82 Å². The SMILES string of the molecule is OCc1cc(F)ccc1Sc1ccc2c(c1)CCC2. The first-order chi connectivity index (χ1) is 9.26. The lowest BCUT2D eigenvalue weighted by atomic mass is 10.1. The van der Waals surface area contributed by atoms with Crippen molar-refractivity contribution in [2.75, 3.05) is 0 Å². The molecule has 0 fully saturated rings. The maximum atomic E-state index is 13.1. The Balaban J connectivity index is 1.89. The summed E-state index contributed by atoms with van der Waals surface area (Å²) < 4.78 is 13.1. The number of fused-ring (bicyclic) bond motifs is 1. The Labute approximate surface area is 116 Å². The van der Waals surface area contributed by atoms with Gasteiger partial charge in [-0.2, -0.15) is 0 Å². The summed E-state index contributed by atoms with van der Waals surface area (Å²) in [4.78, 5) is 2.07. The van der Waals surface area contributed by atoms with Crippen LogP contribution in [0.2, 0.25) is 0 Å². The molecular weight excluding hydrogens is 259 g/mol. The van der Waals surface area contributed by atoms with Crippen LogP contribution >= 0.6 is 11.8 Å². The van der Waals surface area contributed by atoms with Crippen LogP contribution < -0.4 is 0 Å². The molecule has 2 aromatic rings. The number of aliphatic hydroxyl groups excluding tert-OH is 1. The summed E-state index contributed by atoms with van der Waals surface area (Å²) >= 11 is 1.59. The Bertz CT molecular complexity index is 610. The highest BCUT2D eigenvalue weighted by Gasteiger charge is 2.12. The van der Waals surface area contributed by atoms with Gasteiger partial charge in [-0.1, -0.05) is 17.8 Å². The van der Waals surface area contributed by atoms with Gasteiger partial charge >= 0.3 is 0 Å². The van der Waals surface area contributed by atoms with Crippen LogP contribution in [0.3, 0.4) is 0 Å². The predicted octanol–water partition coefficient (Wildman–Crippen LogP) is 3.96. The summed E-state index contributed by atoms with van der Waals surface area (Å²) in [6.07, 6.45) is 3.57. The topological polar surface area (TPSA) is 20.2 Å². The molecule has 1 nitrogen and oxygen atoms in total. The third-order valence-electron chi connectivity index (χ3n) is 3.49. The molecule has 0 aromatic heterocycles. The van der Waals surface area contributed by atoms with Gasteiger partial charge in [0, 0.05) is 9.79 Å². The van der Waals surface area contributed by atoms with E-state index in [0.717, 1.165) is 16.2 Å². The van der Waals surface area contributed by atoms with Crippen LogP contribution in [0.1, 0.15) is 23.1 Å². The zero-order valence-corrected chi connectivity index (χ0v) is 11.3. The molecule has 0 aliphatic heterocycles. The molecule has 2 aromatic carbocycles. The Morgan fingerprint density at radius 1 is 1.05 bits per heavy atom. The molecule has 0 saturated heterocycles. The first-order valence-electron chi connectivity index (χ1n) is 6.45. The van der Waals surface area contributed by atoms with Crippen LogP contribution in [-0.4, -0.2) is 5.11 Å². The van der Waals surface area contributed by atoms with Crippen molar-refractivity contribution in [3.8, 4) is 0 Å². The molecule has 1 aliphatic rings. The second-order valence-corrected chi connectivity index (χ2v) is 5.91. The lowest BCUT2D eigenvalue weighted by molar-refractivity contribution is 0.278. The summed E-state index contributed by atoms with van der Waals surface area (Å²) in [6.45, 7) is -0.134. The van der Waals surface area contributed by atoms with Gasteiger partial charge in [0.05, 0.1) is 6.61 Å². The van der Waals surface area contributed by atoms with E-state index in [-0.39, 0.29) is 12.4 Å². The third-order valence-corrected chi connectivity index (χ3v) is 4.60. The second kappa shape index (κ2) is 5.35. The molecule has 98 valence electrons. The lowest BCUT2D eigenvalue weighted by Crippen LogP contribution is -1.90. The van der Waals surface area contributed by atoms with Crippen molar-refractivity contribution in [3.05, 3.63) is 58.9 Å². The van der Waals surface area contributed by atoms with Gasteiger partial charge in [-0.05, 0) is 66.3 Å². The fraction of sp³-hybridized carbons (Fsp3) is 0.250. The van der Waals surface area contributed by atoms with E-state index in [0.29, 0.717) is 5.56 Å². The van der Waals surface area contributed by atoms with E-state index < -0.39 is 0 Å². The summed E-state index contributed by atoms with van der Waals surface area (Å²) in [5, 5.41) is 9.30. The molecule has 0 amide bonds. The average molecular weight is 274 g/mol. The smallest absolute Gasteiger partial charge is 0.123 e. The summed E-state index contributed by atoms with van der Waals surface area (Å²) in [7, 11) is 0. The van der Waals surface area contributed by atoms with Gasteiger partial charge in [0.25, 0.3) is 0 Å². The van der Waals surface area contributed by atoms with Crippen molar-refractivity contribution in [3.63, 3.8) is 0 Å². The van der Waals surface area contributed by atoms with Gasteiger partial charge in [0.15, 0.2) is 0 Å². The Morgan fingerprint density at radius 2 is 1.89 bits per heavy atom. The van der Waals surface area contributed by atoms with E-state index in [4.69, 9.17) is 0 Å². The van der Waals surface area contributed by atoms with Gasteiger partial charge in [-0.15, -0.1) is 0 Å². The number of rotatable bonds is 3. The van der Waals surface area contributed by atoms with Crippen molar-refractivity contribution < 1.29 is 9.50 Å². The number of hydrogen-bond acceptors (Lipinski definition) is 2. The molecule has 0 spiro atoms. The molecule has 19 heavy (non-hydrogen) atoms. The van der Waals surface area contributed by atoms with E-state index in [1.165, 1.54) is 36.1 Å². The molecule has 1 N–H and O–H groups in total. The molecule has 0 unspecified atom stereocenters. The van der Waals surface area contributed by atoms with Crippen LogP contribution in [0.5, 0.6) is 0 Å². The largest absolute Gasteiger partial charge is 0.392 e. The number of aryl methyl sites for hydroxylation is 2. The molecule has 0 radical (unpaired) electrons. The van der Waals surface area contributed by atoms with Gasteiger partial charge in [-0.25, -0.2) is 4.39 Å². The fourth-order valence-corrected chi connectivity index (χ4v) is 3.49. The maximum Gasteiger partial charge on any atom is 0.123 e.